The first-order chi connectivity index (χ1) is 13.8. The van der Waals surface area contributed by atoms with E-state index in [-0.39, 0.29) is 0 Å². The van der Waals surface area contributed by atoms with Crippen molar-refractivity contribution < 1.29 is 0 Å². The van der Waals surface area contributed by atoms with Crippen molar-refractivity contribution in [3.63, 3.8) is 0 Å². The van der Waals surface area contributed by atoms with Crippen molar-refractivity contribution in [1.82, 2.24) is 9.97 Å². The Kier molecular flexibility index (Phi) is 8.09. The molecule has 1 saturated carbocycles. The van der Waals surface area contributed by atoms with Gasteiger partial charge in [0.15, 0.2) is 0 Å². The van der Waals surface area contributed by atoms with E-state index < -0.39 is 0 Å². The number of aryl methyl sites for hydroxylation is 1. The molecule has 1 aromatic heterocycles. The average molecular weight is 375 g/mol. The minimum atomic E-state index is 0.606. The summed E-state index contributed by atoms with van der Waals surface area (Å²) in [5, 5.41) is 0. The van der Waals surface area contributed by atoms with E-state index in [0.29, 0.717) is 5.82 Å². The molecule has 1 fully saturated rings. The van der Waals surface area contributed by atoms with E-state index in [1.54, 1.807) is 0 Å². The molecule has 0 radical (unpaired) electrons. The SMILES string of the molecule is CCCCc1cnc(C#Cc2ccc(C3CCC(CCCC)CC3)cc2)nc1. The second-order valence-electron chi connectivity index (χ2n) is 8.25. The van der Waals surface area contributed by atoms with Gasteiger partial charge >= 0.3 is 0 Å². The fourth-order valence-electron chi connectivity index (χ4n) is 4.17. The molecule has 0 bridgehead atoms. The Balaban J connectivity index is 1.53. The first-order valence-corrected chi connectivity index (χ1v) is 11.2. The van der Waals surface area contributed by atoms with Crippen LogP contribution in [0.3, 0.4) is 0 Å². The van der Waals surface area contributed by atoms with Gasteiger partial charge in [0, 0.05) is 18.0 Å². The highest BCUT2D eigenvalue weighted by atomic mass is 14.8. The quantitative estimate of drug-likeness (QED) is 0.505. The second kappa shape index (κ2) is 11.0. The van der Waals surface area contributed by atoms with E-state index in [9.17, 15) is 0 Å². The maximum absolute atomic E-state index is 4.38. The molecule has 3 rings (SSSR count). The van der Waals surface area contributed by atoms with Gasteiger partial charge in [-0.25, -0.2) is 9.97 Å². The predicted molar refractivity (Wildman–Crippen MR) is 117 cm³/mol. The van der Waals surface area contributed by atoms with Crippen molar-refractivity contribution in [1.29, 1.82) is 0 Å². The predicted octanol–water partition coefficient (Wildman–Crippen LogP) is 6.68. The van der Waals surface area contributed by atoms with Gasteiger partial charge in [-0.2, -0.15) is 0 Å². The highest BCUT2D eigenvalue weighted by Gasteiger charge is 2.21. The van der Waals surface area contributed by atoms with Crippen molar-refractivity contribution in [2.24, 2.45) is 5.92 Å². The van der Waals surface area contributed by atoms with E-state index in [0.717, 1.165) is 23.8 Å². The highest BCUT2D eigenvalue weighted by molar-refractivity contribution is 5.40. The van der Waals surface area contributed by atoms with Crippen LogP contribution in [-0.2, 0) is 6.42 Å². The first-order valence-electron chi connectivity index (χ1n) is 11.2. The molecule has 1 heterocycles. The van der Waals surface area contributed by atoms with Crippen molar-refractivity contribution in [2.75, 3.05) is 0 Å². The smallest absolute Gasteiger partial charge is 0.205 e. The zero-order valence-electron chi connectivity index (χ0n) is 17.6. The van der Waals surface area contributed by atoms with Gasteiger partial charge in [0.2, 0.25) is 5.82 Å². The molecule has 1 aliphatic carbocycles. The Bertz CT molecular complexity index is 757. The van der Waals surface area contributed by atoms with E-state index in [1.807, 2.05) is 12.4 Å². The molecule has 2 nitrogen and oxygen atoms in total. The van der Waals surface area contributed by atoms with Crippen LogP contribution in [0.5, 0.6) is 0 Å². The molecular formula is C26H34N2. The van der Waals surface area contributed by atoms with Gasteiger partial charge in [-0.1, -0.05) is 57.6 Å². The molecule has 1 aliphatic rings. The minimum Gasteiger partial charge on any atom is -0.229 e. The molecule has 1 aromatic carbocycles. The number of unbranched alkanes of at least 4 members (excludes halogenated alkanes) is 2. The van der Waals surface area contributed by atoms with Gasteiger partial charge in [-0.05, 0) is 79.5 Å². The van der Waals surface area contributed by atoms with E-state index in [1.165, 1.54) is 68.9 Å². The summed E-state index contributed by atoms with van der Waals surface area (Å²) in [6.45, 7) is 4.50. The molecule has 28 heavy (non-hydrogen) atoms. The molecule has 0 spiro atoms. The lowest BCUT2D eigenvalue weighted by atomic mass is 9.77. The highest BCUT2D eigenvalue weighted by Crippen LogP contribution is 2.37. The number of aromatic nitrogens is 2. The average Bonchev–Trinajstić information content (AvgIpc) is 2.76. The van der Waals surface area contributed by atoms with Gasteiger partial charge in [0.25, 0.3) is 0 Å². The lowest BCUT2D eigenvalue weighted by Crippen LogP contribution is -2.13. The third-order valence-corrected chi connectivity index (χ3v) is 6.04. The molecule has 0 unspecified atom stereocenters. The summed E-state index contributed by atoms with van der Waals surface area (Å²) >= 11 is 0. The summed E-state index contributed by atoms with van der Waals surface area (Å²) in [7, 11) is 0. The van der Waals surface area contributed by atoms with Gasteiger partial charge in [-0.3, -0.25) is 0 Å². The van der Waals surface area contributed by atoms with E-state index in [2.05, 4.69) is 59.9 Å². The Morgan fingerprint density at radius 2 is 1.54 bits per heavy atom. The standard InChI is InChI=1S/C26H34N2/c1-3-5-7-21-9-14-24(15-10-21)25-16-11-22(12-17-25)13-18-26-27-19-23(20-28-26)8-6-4-2/h11-12,16-17,19-21,24H,3-10,14-15H2,1-2H3. The molecule has 148 valence electrons. The lowest BCUT2D eigenvalue weighted by Gasteiger charge is -2.28. The van der Waals surface area contributed by atoms with Crippen LogP contribution in [0.25, 0.3) is 0 Å². The Hall–Kier alpha value is -2.14. The molecule has 0 atom stereocenters. The van der Waals surface area contributed by atoms with Crippen molar-refractivity contribution in [3.8, 4) is 11.8 Å². The van der Waals surface area contributed by atoms with Crippen LogP contribution in [0, 0.1) is 17.8 Å². The number of nitrogens with zero attached hydrogens (tertiary/aromatic N) is 2. The van der Waals surface area contributed by atoms with Crippen LogP contribution in [0.15, 0.2) is 36.7 Å². The molecule has 2 aromatic rings. The normalized spacial score (nSPS) is 19.1. The Morgan fingerprint density at radius 1 is 0.857 bits per heavy atom. The van der Waals surface area contributed by atoms with E-state index in [4.69, 9.17) is 0 Å². The fourth-order valence-corrected chi connectivity index (χ4v) is 4.17. The van der Waals surface area contributed by atoms with E-state index >= 15 is 0 Å². The van der Waals surface area contributed by atoms with Gasteiger partial charge in [0.1, 0.15) is 0 Å². The van der Waals surface area contributed by atoms with Crippen LogP contribution in [-0.4, -0.2) is 9.97 Å². The van der Waals surface area contributed by atoms with Crippen molar-refractivity contribution >= 4 is 0 Å². The summed E-state index contributed by atoms with van der Waals surface area (Å²) in [6, 6.07) is 8.85. The first kappa shape index (κ1) is 20.6. The van der Waals surface area contributed by atoms with Crippen molar-refractivity contribution in [2.45, 2.75) is 84.0 Å². The van der Waals surface area contributed by atoms with Crippen LogP contribution < -0.4 is 0 Å². The van der Waals surface area contributed by atoms with Crippen LogP contribution in [0.2, 0.25) is 0 Å². The zero-order valence-corrected chi connectivity index (χ0v) is 17.6. The lowest BCUT2D eigenvalue weighted by molar-refractivity contribution is 0.304. The Morgan fingerprint density at radius 3 is 2.18 bits per heavy atom. The summed E-state index contributed by atoms with van der Waals surface area (Å²) in [4.78, 5) is 8.76. The third-order valence-electron chi connectivity index (χ3n) is 6.04. The number of hydrogen-bond donors (Lipinski definition) is 0. The molecular weight excluding hydrogens is 340 g/mol. The van der Waals surface area contributed by atoms with Gasteiger partial charge in [-0.15, -0.1) is 0 Å². The van der Waals surface area contributed by atoms with Gasteiger partial charge in [0.05, 0.1) is 0 Å². The van der Waals surface area contributed by atoms with Crippen molar-refractivity contribution in [3.05, 3.63) is 59.2 Å². The number of rotatable bonds is 7. The molecule has 0 amide bonds. The number of benzene rings is 1. The summed E-state index contributed by atoms with van der Waals surface area (Å²) in [6.07, 6.45) is 16.9. The van der Waals surface area contributed by atoms with Gasteiger partial charge < -0.3 is 0 Å². The van der Waals surface area contributed by atoms with Crippen LogP contribution in [0.4, 0.5) is 0 Å². The molecule has 0 aliphatic heterocycles. The summed E-state index contributed by atoms with van der Waals surface area (Å²) in [5.74, 6) is 8.61. The maximum Gasteiger partial charge on any atom is 0.205 e. The monoisotopic (exact) mass is 374 g/mol. The Labute approximate surface area is 171 Å². The fraction of sp³-hybridized carbons (Fsp3) is 0.538. The summed E-state index contributed by atoms with van der Waals surface area (Å²) < 4.78 is 0. The van der Waals surface area contributed by atoms with Crippen LogP contribution in [0.1, 0.15) is 100 Å². The van der Waals surface area contributed by atoms with Crippen LogP contribution >= 0.6 is 0 Å². The molecule has 0 N–H and O–H groups in total. The maximum atomic E-state index is 4.38. The third kappa shape index (κ3) is 6.20. The molecule has 2 heteroatoms. The summed E-state index contributed by atoms with van der Waals surface area (Å²) in [5.41, 5.74) is 3.72. The molecule has 0 saturated heterocycles. The topological polar surface area (TPSA) is 25.8 Å². The number of hydrogen-bond acceptors (Lipinski definition) is 2. The zero-order chi connectivity index (χ0) is 19.6. The largest absolute Gasteiger partial charge is 0.229 e. The second-order valence-corrected chi connectivity index (χ2v) is 8.25. The minimum absolute atomic E-state index is 0.606.